The molecule has 88 valence electrons. The summed E-state index contributed by atoms with van der Waals surface area (Å²) in [5.41, 5.74) is 2.05. The van der Waals surface area contributed by atoms with E-state index in [1.54, 1.807) is 35.3 Å². The zero-order chi connectivity index (χ0) is 11.8. The summed E-state index contributed by atoms with van der Waals surface area (Å²) in [5.74, 6) is 0.101. The van der Waals surface area contributed by atoms with Crippen molar-refractivity contribution in [3.8, 4) is 0 Å². The lowest BCUT2D eigenvalue weighted by Gasteiger charge is -2.08. The molecule has 0 aliphatic heterocycles. The minimum atomic E-state index is 0.101. The molecule has 0 aromatic carbocycles. The minimum absolute atomic E-state index is 0.101. The first-order valence-electron chi connectivity index (χ1n) is 5.90. The highest BCUT2D eigenvalue weighted by Crippen LogP contribution is 2.30. The maximum absolute atomic E-state index is 12.3. The molecule has 2 heterocycles. The number of aromatic nitrogens is 2. The minimum Gasteiger partial charge on any atom is -0.286 e. The molecule has 2 aromatic heterocycles. The third kappa shape index (κ3) is 1.82. The van der Waals surface area contributed by atoms with Crippen LogP contribution in [0.4, 0.5) is 0 Å². The molecule has 0 saturated heterocycles. The average Bonchev–Trinajstić information content (AvgIpc) is 2.93. The van der Waals surface area contributed by atoms with Crippen molar-refractivity contribution in [1.29, 1.82) is 0 Å². The molecular weight excluding hydrogens is 232 g/mol. The lowest BCUT2D eigenvalue weighted by Crippen LogP contribution is -2.06. The molecule has 3 rings (SSSR count). The number of rotatable bonds is 2. The number of thiophene rings is 1. The van der Waals surface area contributed by atoms with Crippen LogP contribution >= 0.6 is 11.3 Å². The Bertz CT molecular complexity index is 544. The van der Waals surface area contributed by atoms with Crippen LogP contribution in [-0.2, 0) is 19.9 Å². The number of carbonyl (C=O) groups is 1. The molecule has 0 atom stereocenters. The SMILES string of the molecule is Cn1nccc1C(=O)c1cc2c(s1)CCCC2. The molecule has 0 radical (unpaired) electrons. The van der Waals surface area contributed by atoms with Crippen molar-refractivity contribution in [1.82, 2.24) is 9.78 Å². The van der Waals surface area contributed by atoms with Crippen molar-refractivity contribution in [2.45, 2.75) is 25.7 Å². The van der Waals surface area contributed by atoms with E-state index >= 15 is 0 Å². The van der Waals surface area contributed by atoms with Crippen LogP contribution in [0.3, 0.4) is 0 Å². The third-order valence-corrected chi connectivity index (χ3v) is 4.51. The van der Waals surface area contributed by atoms with Crippen molar-refractivity contribution in [3.63, 3.8) is 0 Å². The number of hydrogen-bond acceptors (Lipinski definition) is 3. The van der Waals surface area contributed by atoms with Gasteiger partial charge in [-0.05, 0) is 43.4 Å². The largest absolute Gasteiger partial charge is 0.286 e. The van der Waals surface area contributed by atoms with Crippen molar-refractivity contribution >= 4 is 17.1 Å². The summed E-state index contributed by atoms with van der Waals surface area (Å²) in [6.07, 6.45) is 6.44. The van der Waals surface area contributed by atoms with E-state index in [9.17, 15) is 4.79 Å². The topological polar surface area (TPSA) is 34.9 Å². The Morgan fingerprint density at radius 1 is 1.41 bits per heavy atom. The van der Waals surface area contributed by atoms with Gasteiger partial charge in [0.25, 0.3) is 0 Å². The van der Waals surface area contributed by atoms with Crippen LogP contribution in [0.25, 0.3) is 0 Å². The van der Waals surface area contributed by atoms with E-state index in [1.165, 1.54) is 23.3 Å². The molecule has 0 unspecified atom stereocenters. The van der Waals surface area contributed by atoms with Crippen molar-refractivity contribution in [3.05, 3.63) is 39.3 Å². The lowest BCUT2D eigenvalue weighted by molar-refractivity contribution is 0.103. The second kappa shape index (κ2) is 4.11. The van der Waals surface area contributed by atoms with Gasteiger partial charge in [-0.2, -0.15) is 5.10 Å². The van der Waals surface area contributed by atoms with Crippen LogP contribution in [0.5, 0.6) is 0 Å². The number of carbonyl (C=O) groups excluding carboxylic acids is 1. The molecule has 0 saturated carbocycles. The number of aryl methyl sites for hydroxylation is 3. The Morgan fingerprint density at radius 3 is 2.94 bits per heavy atom. The first kappa shape index (κ1) is 10.7. The number of ketones is 1. The van der Waals surface area contributed by atoms with Gasteiger partial charge in [0.05, 0.1) is 4.88 Å². The monoisotopic (exact) mass is 246 g/mol. The van der Waals surface area contributed by atoms with E-state index in [4.69, 9.17) is 0 Å². The van der Waals surface area contributed by atoms with Crippen molar-refractivity contribution < 1.29 is 4.79 Å². The van der Waals surface area contributed by atoms with Gasteiger partial charge in [-0.1, -0.05) is 0 Å². The summed E-state index contributed by atoms with van der Waals surface area (Å²) in [6, 6.07) is 3.86. The zero-order valence-electron chi connectivity index (χ0n) is 9.77. The molecule has 0 N–H and O–H groups in total. The molecule has 4 heteroatoms. The molecular formula is C13H14N2OS. The summed E-state index contributed by atoms with van der Waals surface area (Å²) in [6.45, 7) is 0. The molecule has 0 fully saturated rings. The van der Waals surface area contributed by atoms with E-state index in [2.05, 4.69) is 11.2 Å². The van der Waals surface area contributed by atoms with Gasteiger partial charge >= 0.3 is 0 Å². The molecule has 0 spiro atoms. The molecule has 0 bridgehead atoms. The van der Waals surface area contributed by atoms with Gasteiger partial charge in [-0.3, -0.25) is 9.48 Å². The predicted molar refractivity (Wildman–Crippen MR) is 67.6 cm³/mol. The fraction of sp³-hybridized carbons (Fsp3) is 0.385. The van der Waals surface area contributed by atoms with Crippen LogP contribution in [0.15, 0.2) is 18.3 Å². The fourth-order valence-corrected chi connectivity index (χ4v) is 3.53. The van der Waals surface area contributed by atoms with Crippen LogP contribution in [0.1, 0.15) is 38.6 Å². The van der Waals surface area contributed by atoms with Crippen LogP contribution in [-0.4, -0.2) is 15.6 Å². The molecule has 3 nitrogen and oxygen atoms in total. The van der Waals surface area contributed by atoms with Crippen LogP contribution in [0, 0.1) is 0 Å². The average molecular weight is 246 g/mol. The second-order valence-corrected chi connectivity index (χ2v) is 5.57. The summed E-state index contributed by atoms with van der Waals surface area (Å²) in [4.78, 5) is 14.6. The molecule has 0 amide bonds. The van der Waals surface area contributed by atoms with E-state index < -0.39 is 0 Å². The molecule has 2 aromatic rings. The van der Waals surface area contributed by atoms with Gasteiger partial charge in [-0.15, -0.1) is 11.3 Å². The van der Waals surface area contributed by atoms with Gasteiger partial charge < -0.3 is 0 Å². The van der Waals surface area contributed by atoms with Crippen molar-refractivity contribution in [2.24, 2.45) is 7.05 Å². The van der Waals surface area contributed by atoms with Gasteiger partial charge in [0.2, 0.25) is 5.78 Å². The Hall–Kier alpha value is -1.42. The lowest BCUT2D eigenvalue weighted by atomic mass is 9.99. The number of nitrogens with zero attached hydrogens (tertiary/aromatic N) is 2. The van der Waals surface area contributed by atoms with Gasteiger partial charge in [0.1, 0.15) is 5.69 Å². The second-order valence-electron chi connectivity index (χ2n) is 4.44. The molecule has 1 aliphatic rings. The van der Waals surface area contributed by atoms with E-state index in [0.717, 1.165) is 17.7 Å². The van der Waals surface area contributed by atoms with E-state index in [-0.39, 0.29) is 5.78 Å². The van der Waals surface area contributed by atoms with E-state index in [1.807, 2.05) is 0 Å². The highest BCUT2D eigenvalue weighted by atomic mass is 32.1. The third-order valence-electron chi connectivity index (χ3n) is 3.27. The first-order chi connectivity index (χ1) is 8.25. The van der Waals surface area contributed by atoms with Gasteiger partial charge in [-0.25, -0.2) is 0 Å². The summed E-state index contributed by atoms with van der Waals surface area (Å²) in [5, 5.41) is 4.05. The maximum atomic E-state index is 12.3. The fourth-order valence-electron chi connectivity index (χ4n) is 2.33. The van der Waals surface area contributed by atoms with Crippen LogP contribution < -0.4 is 0 Å². The zero-order valence-corrected chi connectivity index (χ0v) is 10.6. The van der Waals surface area contributed by atoms with Gasteiger partial charge in [0, 0.05) is 18.1 Å². The number of fused-ring (bicyclic) bond motifs is 1. The van der Waals surface area contributed by atoms with Crippen molar-refractivity contribution in [2.75, 3.05) is 0 Å². The first-order valence-corrected chi connectivity index (χ1v) is 6.71. The Morgan fingerprint density at radius 2 is 2.24 bits per heavy atom. The Labute approximate surface area is 104 Å². The van der Waals surface area contributed by atoms with E-state index in [0.29, 0.717) is 5.69 Å². The highest BCUT2D eigenvalue weighted by molar-refractivity contribution is 7.14. The summed E-state index contributed by atoms with van der Waals surface area (Å²) < 4.78 is 1.64. The van der Waals surface area contributed by atoms with Crippen LogP contribution in [0.2, 0.25) is 0 Å². The summed E-state index contributed by atoms with van der Waals surface area (Å²) in [7, 11) is 1.81. The molecule has 17 heavy (non-hydrogen) atoms. The maximum Gasteiger partial charge on any atom is 0.220 e. The Kier molecular flexibility index (Phi) is 2.59. The number of hydrogen-bond donors (Lipinski definition) is 0. The van der Waals surface area contributed by atoms with Gasteiger partial charge in [0.15, 0.2) is 0 Å². The molecule has 1 aliphatic carbocycles. The smallest absolute Gasteiger partial charge is 0.220 e. The normalized spacial score (nSPS) is 14.6. The highest BCUT2D eigenvalue weighted by Gasteiger charge is 2.19. The standard InChI is InChI=1S/C13H14N2OS/c1-15-10(6-7-14-15)13(16)12-8-9-4-2-3-5-11(9)17-12/h6-8H,2-5H2,1H3. The Balaban J connectivity index is 1.97. The summed E-state index contributed by atoms with van der Waals surface area (Å²) >= 11 is 1.66. The quantitative estimate of drug-likeness (QED) is 0.763. The predicted octanol–water partition coefficient (Wildman–Crippen LogP) is 2.59.